The topological polar surface area (TPSA) is 65.7 Å². The van der Waals surface area contributed by atoms with Crippen molar-refractivity contribution in [1.29, 1.82) is 0 Å². The molecule has 6 nitrogen and oxygen atoms in total. The summed E-state index contributed by atoms with van der Waals surface area (Å²) in [6.45, 7) is 13.9. The number of likely N-dealkylation sites (N-methyl/N-ethyl adjacent to an activating group) is 1. The predicted molar refractivity (Wildman–Crippen MR) is 111 cm³/mol. The number of aliphatic imine (C=N–C) groups is 1. The first-order chi connectivity index (χ1) is 11.0. The van der Waals surface area contributed by atoms with E-state index >= 15 is 0 Å². The van der Waals surface area contributed by atoms with Gasteiger partial charge in [-0.3, -0.25) is 0 Å². The quantitative estimate of drug-likeness (QED) is 0.343. The summed E-state index contributed by atoms with van der Waals surface area (Å²) in [5.74, 6) is 1.98. The van der Waals surface area contributed by atoms with Gasteiger partial charge in [-0.05, 0) is 33.2 Å². The van der Waals surface area contributed by atoms with Crippen molar-refractivity contribution in [1.82, 2.24) is 20.7 Å². The van der Waals surface area contributed by atoms with Crippen molar-refractivity contribution < 1.29 is 4.52 Å². The summed E-state index contributed by atoms with van der Waals surface area (Å²) in [7, 11) is 2.15. The molecule has 0 bridgehead atoms. The first kappa shape index (κ1) is 23.2. The maximum absolute atomic E-state index is 5.32. The largest absolute Gasteiger partial charge is 0.359 e. The van der Waals surface area contributed by atoms with Gasteiger partial charge in [-0.2, -0.15) is 0 Å². The average Bonchev–Trinajstić information content (AvgIpc) is 3.00. The van der Waals surface area contributed by atoms with E-state index in [2.05, 4.69) is 67.3 Å². The molecule has 2 N–H and O–H groups in total. The fraction of sp³-hybridized carbons (Fsp3) is 0.765. The number of hydrogen-bond donors (Lipinski definition) is 2. The van der Waals surface area contributed by atoms with Crippen LogP contribution < -0.4 is 10.6 Å². The Kier molecular flexibility index (Phi) is 12.1. The second-order valence-corrected chi connectivity index (χ2v) is 6.23. The molecule has 0 amide bonds. The number of hydrogen-bond acceptors (Lipinski definition) is 4. The lowest BCUT2D eigenvalue weighted by Gasteiger charge is -2.23. The van der Waals surface area contributed by atoms with Gasteiger partial charge in [-0.25, -0.2) is 4.99 Å². The highest BCUT2D eigenvalue weighted by molar-refractivity contribution is 14.0. The molecule has 24 heavy (non-hydrogen) atoms. The van der Waals surface area contributed by atoms with Crippen LogP contribution in [0.5, 0.6) is 0 Å². The van der Waals surface area contributed by atoms with Crippen LogP contribution in [-0.4, -0.2) is 48.7 Å². The van der Waals surface area contributed by atoms with E-state index in [0.717, 1.165) is 43.5 Å². The van der Waals surface area contributed by atoms with E-state index in [1.807, 2.05) is 6.07 Å². The number of guanidine groups is 1. The third kappa shape index (κ3) is 8.32. The van der Waals surface area contributed by atoms with Crippen LogP contribution in [0.25, 0.3) is 0 Å². The Morgan fingerprint density at radius 2 is 2.00 bits per heavy atom. The SMILES string of the molecule is CCNC(=NCc1cc(C(C)C)no1)NCCN(C)C(C)CC.I. The minimum Gasteiger partial charge on any atom is -0.359 e. The zero-order chi connectivity index (χ0) is 17.2. The molecule has 0 spiro atoms. The van der Waals surface area contributed by atoms with Crippen molar-refractivity contribution in [3.8, 4) is 0 Å². The van der Waals surface area contributed by atoms with E-state index in [9.17, 15) is 0 Å². The van der Waals surface area contributed by atoms with E-state index in [1.165, 1.54) is 0 Å². The van der Waals surface area contributed by atoms with Crippen molar-refractivity contribution >= 4 is 29.9 Å². The van der Waals surface area contributed by atoms with E-state index in [1.54, 1.807) is 0 Å². The van der Waals surface area contributed by atoms with Crippen LogP contribution in [0.2, 0.25) is 0 Å². The fourth-order valence-corrected chi connectivity index (χ4v) is 2.06. The van der Waals surface area contributed by atoms with Crippen molar-refractivity contribution in [2.75, 3.05) is 26.7 Å². The Labute approximate surface area is 163 Å². The van der Waals surface area contributed by atoms with Gasteiger partial charge in [0.05, 0.1) is 5.69 Å². The normalized spacial score (nSPS) is 13.1. The van der Waals surface area contributed by atoms with Gasteiger partial charge < -0.3 is 20.1 Å². The number of nitrogens with one attached hydrogen (secondary N) is 2. The fourth-order valence-electron chi connectivity index (χ4n) is 2.06. The Morgan fingerprint density at radius 3 is 2.54 bits per heavy atom. The van der Waals surface area contributed by atoms with Gasteiger partial charge in [0.1, 0.15) is 6.54 Å². The number of aromatic nitrogens is 1. The van der Waals surface area contributed by atoms with E-state index in [-0.39, 0.29) is 24.0 Å². The first-order valence-corrected chi connectivity index (χ1v) is 8.65. The minimum atomic E-state index is 0. The second-order valence-electron chi connectivity index (χ2n) is 6.23. The lowest BCUT2D eigenvalue weighted by molar-refractivity contribution is 0.255. The van der Waals surface area contributed by atoms with Gasteiger partial charge in [-0.1, -0.05) is 25.9 Å². The average molecular weight is 451 g/mol. The molecule has 1 atom stereocenters. The lowest BCUT2D eigenvalue weighted by Crippen LogP contribution is -2.42. The minimum absolute atomic E-state index is 0. The zero-order valence-corrected chi connectivity index (χ0v) is 18.3. The third-order valence-corrected chi connectivity index (χ3v) is 4.01. The van der Waals surface area contributed by atoms with E-state index in [4.69, 9.17) is 4.52 Å². The molecule has 0 saturated heterocycles. The van der Waals surface area contributed by atoms with Crippen molar-refractivity contribution in [2.45, 2.75) is 59.5 Å². The zero-order valence-electron chi connectivity index (χ0n) is 15.9. The first-order valence-electron chi connectivity index (χ1n) is 8.65. The number of rotatable bonds is 9. The molecule has 1 heterocycles. The molecule has 1 unspecified atom stereocenters. The maximum Gasteiger partial charge on any atom is 0.191 e. The molecule has 0 fully saturated rings. The van der Waals surface area contributed by atoms with Gasteiger partial charge in [0, 0.05) is 31.7 Å². The summed E-state index contributed by atoms with van der Waals surface area (Å²) in [6, 6.07) is 2.58. The van der Waals surface area contributed by atoms with Gasteiger partial charge in [0.2, 0.25) is 0 Å². The van der Waals surface area contributed by atoms with Crippen LogP contribution in [0.3, 0.4) is 0 Å². The van der Waals surface area contributed by atoms with Crippen LogP contribution in [0.4, 0.5) is 0 Å². The highest BCUT2D eigenvalue weighted by Crippen LogP contribution is 2.14. The van der Waals surface area contributed by atoms with Gasteiger partial charge >= 0.3 is 0 Å². The van der Waals surface area contributed by atoms with Crippen LogP contribution in [0, 0.1) is 0 Å². The van der Waals surface area contributed by atoms with E-state index in [0.29, 0.717) is 18.5 Å². The Bertz CT molecular complexity index is 475. The molecule has 140 valence electrons. The van der Waals surface area contributed by atoms with Gasteiger partial charge in [0.15, 0.2) is 11.7 Å². The van der Waals surface area contributed by atoms with Crippen molar-refractivity contribution in [3.05, 3.63) is 17.5 Å². The molecule has 1 aromatic heterocycles. The standard InChI is InChI=1S/C17H33N5O.HI/c1-7-14(5)22(6)10-9-19-17(18-8-2)20-12-15-11-16(13(3)4)21-23-15;/h11,13-14H,7-10,12H2,1-6H3,(H2,18,19,20);1H. The molecule has 0 aliphatic heterocycles. The molecule has 0 saturated carbocycles. The summed E-state index contributed by atoms with van der Waals surface area (Å²) in [6.07, 6.45) is 1.16. The number of nitrogens with zero attached hydrogens (tertiary/aromatic N) is 3. The molecular formula is C17H34IN5O. The Balaban J connectivity index is 0.00000529. The van der Waals surface area contributed by atoms with Crippen LogP contribution in [-0.2, 0) is 6.54 Å². The van der Waals surface area contributed by atoms with E-state index < -0.39 is 0 Å². The smallest absolute Gasteiger partial charge is 0.191 e. The highest BCUT2D eigenvalue weighted by Gasteiger charge is 2.08. The summed E-state index contributed by atoms with van der Waals surface area (Å²) < 4.78 is 5.32. The summed E-state index contributed by atoms with van der Waals surface area (Å²) >= 11 is 0. The summed E-state index contributed by atoms with van der Waals surface area (Å²) in [5, 5.41) is 10.7. The molecule has 7 heteroatoms. The second kappa shape index (κ2) is 12.5. The van der Waals surface area contributed by atoms with Crippen molar-refractivity contribution in [2.24, 2.45) is 4.99 Å². The Morgan fingerprint density at radius 1 is 1.29 bits per heavy atom. The maximum atomic E-state index is 5.32. The molecule has 0 radical (unpaired) electrons. The molecule has 0 aliphatic carbocycles. The molecule has 1 aromatic rings. The van der Waals surface area contributed by atoms with Gasteiger partial charge in [0.25, 0.3) is 0 Å². The van der Waals surface area contributed by atoms with Crippen LogP contribution in [0.1, 0.15) is 58.4 Å². The van der Waals surface area contributed by atoms with Gasteiger partial charge in [-0.15, -0.1) is 24.0 Å². The van der Waals surface area contributed by atoms with Crippen molar-refractivity contribution in [3.63, 3.8) is 0 Å². The molecule has 1 rings (SSSR count). The number of halogens is 1. The summed E-state index contributed by atoms with van der Waals surface area (Å²) in [5.41, 5.74) is 0.975. The monoisotopic (exact) mass is 451 g/mol. The van der Waals surface area contributed by atoms with Crippen LogP contribution >= 0.6 is 24.0 Å². The summed E-state index contributed by atoms with van der Waals surface area (Å²) in [4.78, 5) is 6.91. The lowest BCUT2D eigenvalue weighted by atomic mass is 10.1. The Hall–Kier alpha value is -0.830. The molecular weight excluding hydrogens is 417 g/mol. The highest BCUT2D eigenvalue weighted by atomic mass is 127. The predicted octanol–water partition coefficient (Wildman–Crippen LogP) is 3.20. The third-order valence-electron chi connectivity index (χ3n) is 4.01. The molecule has 0 aliphatic rings. The molecule has 0 aromatic carbocycles. The van der Waals surface area contributed by atoms with Crippen LogP contribution in [0.15, 0.2) is 15.6 Å².